The number of anilines is 1. The minimum Gasteiger partial charge on any atom is -0.380 e. The number of carbonyl (C=O) groups excluding carboxylic acids is 1. The smallest absolute Gasteiger partial charge is 0.227 e. The molecule has 1 aromatic rings. The van der Waals surface area contributed by atoms with Crippen molar-refractivity contribution in [1.82, 2.24) is 0 Å². The molecule has 1 amide bonds. The molecule has 0 aliphatic heterocycles. The van der Waals surface area contributed by atoms with Crippen molar-refractivity contribution in [2.75, 3.05) is 12.4 Å². The van der Waals surface area contributed by atoms with Crippen LogP contribution in [-0.2, 0) is 16.1 Å². The summed E-state index contributed by atoms with van der Waals surface area (Å²) in [6, 6.07) is 7.78. The lowest BCUT2D eigenvalue weighted by molar-refractivity contribution is -0.117. The SMILES string of the molecule is COCc1cccc(NC(=O)C2CC2C)c1. The van der Waals surface area contributed by atoms with Gasteiger partial charge >= 0.3 is 0 Å². The zero-order valence-electron chi connectivity index (χ0n) is 9.69. The molecule has 3 nitrogen and oxygen atoms in total. The van der Waals surface area contributed by atoms with Crippen LogP contribution in [0.2, 0.25) is 0 Å². The average Bonchev–Trinajstić information content (AvgIpc) is 2.97. The Bertz CT molecular complexity index is 389. The van der Waals surface area contributed by atoms with Crippen molar-refractivity contribution in [3.8, 4) is 0 Å². The molecule has 2 unspecified atom stereocenters. The highest BCUT2D eigenvalue weighted by Gasteiger charge is 2.38. The van der Waals surface area contributed by atoms with Gasteiger partial charge in [0.05, 0.1) is 6.61 Å². The quantitative estimate of drug-likeness (QED) is 0.844. The highest BCUT2D eigenvalue weighted by molar-refractivity contribution is 5.94. The van der Waals surface area contributed by atoms with Crippen molar-refractivity contribution in [2.45, 2.75) is 20.0 Å². The Morgan fingerprint density at radius 2 is 2.31 bits per heavy atom. The fraction of sp³-hybridized carbons (Fsp3) is 0.462. The van der Waals surface area contributed by atoms with Crippen LogP contribution in [0.5, 0.6) is 0 Å². The zero-order chi connectivity index (χ0) is 11.5. The van der Waals surface area contributed by atoms with Gasteiger partial charge in [0.25, 0.3) is 0 Å². The van der Waals surface area contributed by atoms with Gasteiger partial charge in [-0.3, -0.25) is 4.79 Å². The van der Waals surface area contributed by atoms with Crippen LogP contribution in [0.3, 0.4) is 0 Å². The second kappa shape index (κ2) is 4.66. The molecule has 1 N–H and O–H groups in total. The fourth-order valence-corrected chi connectivity index (χ4v) is 1.83. The number of benzene rings is 1. The Morgan fingerprint density at radius 1 is 1.56 bits per heavy atom. The van der Waals surface area contributed by atoms with Gasteiger partial charge in [-0.15, -0.1) is 0 Å². The number of nitrogens with one attached hydrogen (secondary N) is 1. The molecule has 0 heterocycles. The number of ether oxygens (including phenoxy) is 1. The van der Waals surface area contributed by atoms with Crippen LogP contribution >= 0.6 is 0 Å². The van der Waals surface area contributed by atoms with Gasteiger partial charge in [-0.25, -0.2) is 0 Å². The molecule has 1 aromatic carbocycles. The lowest BCUT2D eigenvalue weighted by Crippen LogP contribution is -2.14. The van der Waals surface area contributed by atoms with Crippen LogP contribution in [0.4, 0.5) is 5.69 Å². The molecule has 1 aliphatic rings. The third-order valence-electron chi connectivity index (χ3n) is 2.95. The molecule has 2 rings (SSSR count). The molecule has 0 spiro atoms. The first-order chi connectivity index (χ1) is 7.70. The van der Waals surface area contributed by atoms with E-state index in [1.54, 1.807) is 7.11 Å². The molecule has 1 fully saturated rings. The molecule has 0 bridgehead atoms. The van der Waals surface area contributed by atoms with E-state index in [-0.39, 0.29) is 11.8 Å². The second-order valence-corrected chi connectivity index (χ2v) is 4.44. The summed E-state index contributed by atoms with van der Waals surface area (Å²) < 4.78 is 5.05. The van der Waals surface area contributed by atoms with E-state index < -0.39 is 0 Å². The lowest BCUT2D eigenvalue weighted by Gasteiger charge is -2.06. The first-order valence-corrected chi connectivity index (χ1v) is 5.59. The van der Waals surface area contributed by atoms with E-state index in [0.29, 0.717) is 12.5 Å². The molecule has 86 valence electrons. The maximum Gasteiger partial charge on any atom is 0.227 e. The average molecular weight is 219 g/mol. The number of hydrogen-bond donors (Lipinski definition) is 1. The van der Waals surface area contributed by atoms with Crippen molar-refractivity contribution in [2.24, 2.45) is 11.8 Å². The highest BCUT2D eigenvalue weighted by Crippen LogP contribution is 2.38. The Hall–Kier alpha value is -1.35. The van der Waals surface area contributed by atoms with Gasteiger partial charge in [-0.05, 0) is 30.0 Å². The van der Waals surface area contributed by atoms with Crippen LogP contribution in [0, 0.1) is 11.8 Å². The van der Waals surface area contributed by atoms with Crippen molar-refractivity contribution >= 4 is 11.6 Å². The van der Waals surface area contributed by atoms with Crippen LogP contribution in [0.15, 0.2) is 24.3 Å². The van der Waals surface area contributed by atoms with Gasteiger partial charge in [0.15, 0.2) is 0 Å². The summed E-state index contributed by atoms with van der Waals surface area (Å²) in [7, 11) is 1.66. The normalized spacial score (nSPS) is 22.9. The summed E-state index contributed by atoms with van der Waals surface area (Å²) >= 11 is 0. The Balaban J connectivity index is 1.98. The molecule has 0 aromatic heterocycles. The molecular weight excluding hydrogens is 202 g/mol. The van der Waals surface area contributed by atoms with E-state index in [1.165, 1.54) is 0 Å². The van der Waals surface area contributed by atoms with Crippen LogP contribution < -0.4 is 5.32 Å². The van der Waals surface area contributed by atoms with Gasteiger partial charge in [0.1, 0.15) is 0 Å². The fourth-order valence-electron chi connectivity index (χ4n) is 1.83. The van der Waals surface area contributed by atoms with Crippen molar-refractivity contribution in [1.29, 1.82) is 0 Å². The van der Waals surface area contributed by atoms with E-state index in [2.05, 4.69) is 12.2 Å². The molecule has 16 heavy (non-hydrogen) atoms. The maximum absolute atomic E-state index is 11.7. The van der Waals surface area contributed by atoms with Gasteiger partial charge in [0, 0.05) is 18.7 Å². The Morgan fingerprint density at radius 3 is 2.94 bits per heavy atom. The van der Waals surface area contributed by atoms with Gasteiger partial charge in [-0.1, -0.05) is 19.1 Å². The molecule has 3 heteroatoms. The summed E-state index contributed by atoms with van der Waals surface area (Å²) in [4.78, 5) is 11.7. The monoisotopic (exact) mass is 219 g/mol. The first kappa shape index (κ1) is 11.1. The molecule has 0 saturated heterocycles. The van der Waals surface area contributed by atoms with E-state index >= 15 is 0 Å². The Labute approximate surface area is 95.8 Å². The van der Waals surface area contributed by atoms with Gasteiger partial charge < -0.3 is 10.1 Å². The molecule has 1 aliphatic carbocycles. The largest absolute Gasteiger partial charge is 0.380 e. The second-order valence-electron chi connectivity index (χ2n) is 4.44. The van der Waals surface area contributed by atoms with Crippen molar-refractivity contribution in [3.05, 3.63) is 29.8 Å². The molecule has 2 atom stereocenters. The molecular formula is C13H17NO2. The lowest BCUT2D eigenvalue weighted by atomic mass is 10.2. The van der Waals surface area contributed by atoms with Crippen LogP contribution in [-0.4, -0.2) is 13.0 Å². The third kappa shape index (κ3) is 2.61. The molecule has 0 radical (unpaired) electrons. The maximum atomic E-state index is 11.7. The van der Waals surface area contributed by atoms with Crippen molar-refractivity contribution in [3.63, 3.8) is 0 Å². The standard InChI is InChI=1S/C13H17NO2/c1-9-6-12(9)13(15)14-11-5-3-4-10(7-11)8-16-2/h3-5,7,9,12H,6,8H2,1-2H3,(H,14,15). The van der Waals surface area contributed by atoms with E-state index in [9.17, 15) is 4.79 Å². The number of methoxy groups -OCH3 is 1. The van der Waals surface area contributed by atoms with Gasteiger partial charge in [-0.2, -0.15) is 0 Å². The number of rotatable bonds is 4. The van der Waals surface area contributed by atoms with E-state index in [1.807, 2.05) is 24.3 Å². The summed E-state index contributed by atoms with van der Waals surface area (Å²) in [5, 5.41) is 2.94. The minimum atomic E-state index is 0.141. The van der Waals surface area contributed by atoms with E-state index in [4.69, 9.17) is 4.74 Å². The van der Waals surface area contributed by atoms with Crippen molar-refractivity contribution < 1.29 is 9.53 Å². The predicted molar refractivity (Wildman–Crippen MR) is 63.1 cm³/mol. The number of carbonyl (C=O) groups is 1. The molecule has 1 saturated carbocycles. The first-order valence-electron chi connectivity index (χ1n) is 5.59. The summed E-state index contributed by atoms with van der Waals surface area (Å²) in [6.45, 7) is 2.68. The number of hydrogen-bond acceptors (Lipinski definition) is 2. The van der Waals surface area contributed by atoms with Gasteiger partial charge in [0.2, 0.25) is 5.91 Å². The summed E-state index contributed by atoms with van der Waals surface area (Å²) in [6.07, 6.45) is 1.02. The van der Waals surface area contributed by atoms with Crippen LogP contribution in [0.1, 0.15) is 18.9 Å². The highest BCUT2D eigenvalue weighted by atomic mass is 16.5. The summed E-state index contributed by atoms with van der Waals surface area (Å²) in [5.41, 5.74) is 1.93. The van der Waals surface area contributed by atoms with E-state index in [0.717, 1.165) is 17.7 Å². The number of amides is 1. The topological polar surface area (TPSA) is 38.3 Å². The van der Waals surface area contributed by atoms with Crippen LogP contribution in [0.25, 0.3) is 0 Å². The minimum absolute atomic E-state index is 0.141. The predicted octanol–water partition coefficient (Wildman–Crippen LogP) is 2.43. The third-order valence-corrected chi connectivity index (χ3v) is 2.95. The summed E-state index contributed by atoms with van der Waals surface area (Å²) in [5.74, 6) is 0.898. The Kier molecular flexibility index (Phi) is 3.25. The zero-order valence-corrected chi connectivity index (χ0v) is 9.69.